The van der Waals surface area contributed by atoms with Gasteiger partial charge in [-0.15, -0.1) is 0 Å². The number of amides is 1. The molecular weight excluding hydrogens is 370 g/mol. The first kappa shape index (κ1) is 18.5. The van der Waals surface area contributed by atoms with Crippen molar-refractivity contribution in [1.82, 2.24) is 15.3 Å². The second kappa shape index (κ2) is 7.27. The smallest absolute Gasteiger partial charge is 0.270 e. The minimum atomic E-state index is -1.36. The van der Waals surface area contributed by atoms with E-state index in [1.165, 1.54) is 6.92 Å². The molecule has 0 fully saturated rings. The fraction of sp³-hybridized carbons (Fsp3) is 0.136. The lowest BCUT2D eigenvalue weighted by molar-refractivity contribution is -0.307. The third-order valence-electron chi connectivity index (χ3n) is 4.77. The average Bonchev–Trinajstić information content (AvgIpc) is 3.11. The highest BCUT2D eigenvalue weighted by Crippen LogP contribution is 2.33. The van der Waals surface area contributed by atoms with Gasteiger partial charge in [-0.3, -0.25) is 4.79 Å². The number of benzene rings is 2. The van der Waals surface area contributed by atoms with Gasteiger partial charge >= 0.3 is 0 Å². The summed E-state index contributed by atoms with van der Waals surface area (Å²) in [5, 5.41) is 15.2. The number of carboxylic acids is 1. The van der Waals surface area contributed by atoms with Gasteiger partial charge in [0.05, 0.1) is 30.3 Å². The van der Waals surface area contributed by atoms with Crippen LogP contribution in [0.5, 0.6) is 5.75 Å². The number of aromatic amines is 1. The third-order valence-corrected chi connectivity index (χ3v) is 4.77. The van der Waals surface area contributed by atoms with E-state index in [9.17, 15) is 14.7 Å². The van der Waals surface area contributed by atoms with E-state index in [-0.39, 0.29) is 5.69 Å². The van der Waals surface area contributed by atoms with Gasteiger partial charge in [0.1, 0.15) is 11.4 Å². The molecule has 29 heavy (non-hydrogen) atoms. The molecule has 146 valence electrons. The number of aromatic nitrogens is 2. The quantitative estimate of drug-likeness (QED) is 0.545. The second-order valence-corrected chi connectivity index (χ2v) is 6.70. The van der Waals surface area contributed by atoms with Gasteiger partial charge in [0.2, 0.25) is 0 Å². The zero-order valence-corrected chi connectivity index (χ0v) is 15.9. The number of nitrogens with zero attached hydrogens (tertiary/aromatic N) is 1. The highest BCUT2D eigenvalue weighted by molar-refractivity contribution is 6.13. The van der Waals surface area contributed by atoms with E-state index < -0.39 is 17.9 Å². The van der Waals surface area contributed by atoms with Crippen LogP contribution in [0.3, 0.4) is 0 Å². The number of fused-ring (bicyclic) bond motifs is 3. The van der Waals surface area contributed by atoms with Gasteiger partial charge in [-0.05, 0) is 31.2 Å². The lowest BCUT2D eigenvalue weighted by Crippen LogP contribution is -2.46. The fourth-order valence-electron chi connectivity index (χ4n) is 3.27. The monoisotopic (exact) mass is 388 g/mol. The van der Waals surface area contributed by atoms with Crippen LogP contribution in [0.1, 0.15) is 17.4 Å². The minimum absolute atomic E-state index is 0.119. The second-order valence-electron chi connectivity index (χ2n) is 6.70. The first-order valence-electron chi connectivity index (χ1n) is 9.05. The summed E-state index contributed by atoms with van der Waals surface area (Å²) >= 11 is 0. The standard InChI is InChI=1S/C22H19N3O4/c1-12(22(27)28)23-21(26)18-11-16-15-8-3-4-9-17(15)24-20(16)19(25-18)13-6-5-7-14(10-13)29-2/h3-12,24H,1-2H3,(H,23,26)(H,27,28)/p-1/t12-/m1/s1. The molecule has 0 saturated carbocycles. The molecule has 2 heterocycles. The largest absolute Gasteiger partial charge is 0.548 e. The molecule has 2 aromatic carbocycles. The average molecular weight is 388 g/mol. The molecule has 0 saturated heterocycles. The van der Waals surface area contributed by atoms with E-state index in [0.717, 1.165) is 27.4 Å². The molecule has 7 nitrogen and oxygen atoms in total. The molecule has 0 radical (unpaired) electrons. The Hall–Kier alpha value is -3.87. The Balaban J connectivity index is 1.95. The summed E-state index contributed by atoms with van der Waals surface area (Å²) in [6.07, 6.45) is 0. The molecule has 0 spiro atoms. The number of para-hydroxylation sites is 1. The van der Waals surface area contributed by atoms with Crippen LogP contribution in [0.4, 0.5) is 0 Å². The van der Waals surface area contributed by atoms with Crippen molar-refractivity contribution in [3.8, 4) is 17.0 Å². The van der Waals surface area contributed by atoms with Crippen molar-refractivity contribution in [3.05, 3.63) is 60.3 Å². The molecule has 2 aromatic heterocycles. The number of methoxy groups -OCH3 is 1. The SMILES string of the molecule is COc1cccc(-c2nc(C(=O)N[C@H](C)C(=O)[O-])cc3c2[nH]c2ccccc23)c1. The van der Waals surface area contributed by atoms with Gasteiger partial charge in [-0.2, -0.15) is 0 Å². The van der Waals surface area contributed by atoms with Gasteiger partial charge < -0.3 is 24.9 Å². The first-order chi connectivity index (χ1) is 14.0. The third kappa shape index (κ3) is 3.38. The summed E-state index contributed by atoms with van der Waals surface area (Å²) < 4.78 is 5.31. The minimum Gasteiger partial charge on any atom is -0.548 e. The number of hydrogen-bond donors (Lipinski definition) is 2. The van der Waals surface area contributed by atoms with E-state index in [2.05, 4.69) is 15.3 Å². The van der Waals surface area contributed by atoms with Crippen LogP contribution >= 0.6 is 0 Å². The number of aliphatic carboxylic acids is 1. The van der Waals surface area contributed by atoms with Crippen molar-refractivity contribution >= 4 is 33.7 Å². The molecule has 0 aliphatic rings. The Morgan fingerprint density at radius 1 is 1.10 bits per heavy atom. The van der Waals surface area contributed by atoms with Crippen LogP contribution in [0.15, 0.2) is 54.6 Å². The van der Waals surface area contributed by atoms with Crippen LogP contribution in [0, 0.1) is 0 Å². The number of pyridine rings is 1. The van der Waals surface area contributed by atoms with E-state index in [1.54, 1.807) is 13.2 Å². The summed E-state index contributed by atoms with van der Waals surface area (Å²) in [5.41, 5.74) is 3.15. The van der Waals surface area contributed by atoms with Gasteiger partial charge in [0.25, 0.3) is 5.91 Å². The number of H-pyrrole nitrogens is 1. The lowest BCUT2D eigenvalue weighted by Gasteiger charge is -2.15. The van der Waals surface area contributed by atoms with Crippen LogP contribution in [0.25, 0.3) is 33.1 Å². The van der Waals surface area contributed by atoms with Gasteiger partial charge in [0.15, 0.2) is 0 Å². The molecule has 1 amide bonds. The van der Waals surface area contributed by atoms with E-state index in [4.69, 9.17) is 4.74 Å². The van der Waals surface area contributed by atoms with Crippen molar-refractivity contribution < 1.29 is 19.4 Å². The van der Waals surface area contributed by atoms with E-state index in [0.29, 0.717) is 11.4 Å². The molecule has 1 atom stereocenters. The Morgan fingerprint density at radius 3 is 2.66 bits per heavy atom. The topological polar surface area (TPSA) is 107 Å². The maximum atomic E-state index is 12.7. The van der Waals surface area contributed by atoms with Crippen molar-refractivity contribution in [1.29, 1.82) is 0 Å². The predicted molar refractivity (Wildman–Crippen MR) is 108 cm³/mol. The van der Waals surface area contributed by atoms with Crippen LogP contribution < -0.4 is 15.2 Å². The summed E-state index contributed by atoms with van der Waals surface area (Å²) in [4.78, 5) is 31.6. The molecule has 0 aliphatic heterocycles. The van der Waals surface area contributed by atoms with Crippen LogP contribution in [0.2, 0.25) is 0 Å². The molecular formula is C22H18N3O4-. The molecule has 2 N–H and O–H groups in total. The fourth-order valence-corrected chi connectivity index (χ4v) is 3.27. The number of hydrogen-bond acceptors (Lipinski definition) is 5. The van der Waals surface area contributed by atoms with Gasteiger partial charge in [0, 0.05) is 21.9 Å². The van der Waals surface area contributed by atoms with E-state index in [1.807, 2.05) is 48.5 Å². The number of nitrogens with one attached hydrogen (secondary N) is 2. The molecule has 0 aliphatic carbocycles. The zero-order valence-electron chi connectivity index (χ0n) is 15.9. The summed E-state index contributed by atoms with van der Waals surface area (Å²) in [6.45, 7) is 1.35. The number of carboxylic acid groups (broad SMARTS) is 1. The zero-order chi connectivity index (χ0) is 20.5. The van der Waals surface area contributed by atoms with Crippen LogP contribution in [-0.2, 0) is 4.79 Å². The van der Waals surface area contributed by atoms with Crippen LogP contribution in [-0.4, -0.2) is 35.0 Å². The Bertz CT molecular complexity index is 1250. The Kier molecular flexibility index (Phi) is 4.64. The molecule has 0 unspecified atom stereocenters. The molecule has 4 rings (SSSR count). The summed E-state index contributed by atoms with van der Waals surface area (Å²) in [5.74, 6) is -1.29. The predicted octanol–water partition coefficient (Wildman–Crippen LogP) is 2.26. The number of rotatable bonds is 5. The van der Waals surface area contributed by atoms with Gasteiger partial charge in [-0.25, -0.2) is 4.98 Å². The van der Waals surface area contributed by atoms with Crippen molar-refractivity contribution in [2.24, 2.45) is 0 Å². The summed E-state index contributed by atoms with van der Waals surface area (Å²) in [6, 6.07) is 15.6. The maximum absolute atomic E-state index is 12.7. The highest BCUT2D eigenvalue weighted by Gasteiger charge is 2.18. The molecule has 0 bridgehead atoms. The van der Waals surface area contributed by atoms with Crippen molar-refractivity contribution in [3.63, 3.8) is 0 Å². The first-order valence-corrected chi connectivity index (χ1v) is 9.05. The number of carbonyl (C=O) groups is 2. The molecule has 7 heteroatoms. The normalized spacial score (nSPS) is 12.1. The summed E-state index contributed by atoms with van der Waals surface area (Å²) in [7, 11) is 1.58. The Morgan fingerprint density at radius 2 is 1.90 bits per heavy atom. The highest BCUT2D eigenvalue weighted by atomic mass is 16.5. The lowest BCUT2D eigenvalue weighted by atomic mass is 10.1. The number of carbonyl (C=O) groups excluding carboxylic acids is 2. The van der Waals surface area contributed by atoms with E-state index >= 15 is 0 Å². The van der Waals surface area contributed by atoms with Gasteiger partial charge in [-0.1, -0.05) is 30.3 Å². The van der Waals surface area contributed by atoms with Crippen molar-refractivity contribution in [2.45, 2.75) is 13.0 Å². The van der Waals surface area contributed by atoms with Crippen molar-refractivity contribution in [2.75, 3.05) is 7.11 Å². The number of ether oxygens (including phenoxy) is 1. The Labute approximate surface area is 166 Å². The molecule has 4 aromatic rings. The maximum Gasteiger partial charge on any atom is 0.270 e.